The zero-order valence-electron chi connectivity index (χ0n) is 7.17. The summed E-state index contributed by atoms with van der Waals surface area (Å²) in [6.45, 7) is 1.80. The predicted molar refractivity (Wildman–Crippen MR) is 55.4 cm³/mol. The van der Waals surface area contributed by atoms with E-state index >= 15 is 0 Å². The zero-order valence-corrected chi connectivity index (χ0v) is 8.76. The predicted octanol–water partition coefficient (Wildman–Crippen LogP) is 1.86. The molecule has 0 aliphatic rings. The number of alkyl halides is 1. The Morgan fingerprint density at radius 1 is 1.62 bits per heavy atom. The van der Waals surface area contributed by atoms with Gasteiger partial charge in [0.1, 0.15) is 5.75 Å². The first-order valence-electron chi connectivity index (χ1n) is 3.74. The topological polar surface area (TPSA) is 63.3 Å². The number of ketones is 1. The molecule has 0 aliphatic carbocycles. The van der Waals surface area contributed by atoms with Crippen molar-refractivity contribution in [2.75, 3.05) is 11.1 Å². The first-order valence-corrected chi connectivity index (χ1v) is 4.86. The van der Waals surface area contributed by atoms with Gasteiger partial charge in [-0.15, -0.1) is 0 Å². The molecule has 1 aromatic rings. The minimum Gasteiger partial charge on any atom is -0.506 e. The van der Waals surface area contributed by atoms with Crippen LogP contribution in [0.25, 0.3) is 0 Å². The molecule has 0 heterocycles. The lowest BCUT2D eigenvalue weighted by molar-refractivity contribution is 0.102. The highest BCUT2D eigenvalue weighted by Gasteiger charge is 2.11. The second-order valence-corrected chi connectivity index (χ2v) is 3.36. The smallest absolute Gasteiger partial charge is 0.175 e. The van der Waals surface area contributed by atoms with Crippen molar-refractivity contribution in [3.63, 3.8) is 0 Å². The van der Waals surface area contributed by atoms with Crippen molar-refractivity contribution in [3.05, 3.63) is 23.3 Å². The minimum atomic E-state index is -0.128. The molecule has 0 atom stereocenters. The largest absolute Gasteiger partial charge is 0.506 e. The Morgan fingerprint density at radius 2 is 2.23 bits per heavy atom. The second kappa shape index (κ2) is 3.79. The number of phenolic OH excluding ortho intramolecular Hbond substituents is 1. The molecular weight excluding hydrogens is 234 g/mol. The van der Waals surface area contributed by atoms with Crippen LogP contribution in [0.5, 0.6) is 5.75 Å². The van der Waals surface area contributed by atoms with Crippen LogP contribution in [0.1, 0.15) is 15.9 Å². The third-order valence-electron chi connectivity index (χ3n) is 1.72. The van der Waals surface area contributed by atoms with E-state index in [1.54, 1.807) is 13.0 Å². The van der Waals surface area contributed by atoms with Gasteiger partial charge in [-0.2, -0.15) is 0 Å². The average Bonchev–Trinajstić information content (AvgIpc) is 2.10. The Hall–Kier alpha value is -1.03. The Bertz CT molecular complexity index is 350. The molecule has 0 spiro atoms. The first-order chi connectivity index (χ1) is 6.06. The Labute approximate surface area is 84.7 Å². The van der Waals surface area contributed by atoms with Gasteiger partial charge in [0.15, 0.2) is 5.78 Å². The lowest BCUT2D eigenvalue weighted by Gasteiger charge is -2.06. The van der Waals surface area contributed by atoms with Crippen molar-refractivity contribution in [3.8, 4) is 5.75 Å². The second-order valence-electron chi connectivity index (χ2n) is 2.80. The summed E-state index contributed by atoms with van der Waals surface area (Å²) in [7, 11) is 0. The third-order valence-corrected chi connectivity index (χ3v) is 2.23. The molecule has 3 nitrogen and oxygen atoms in total. The number of rotatable bonds is 2. The van der Waals surface area contributed by atoms with E-state index in [4.69, 9.17) is 5.73 Å². The van der Waals surface area contributed by atoms with E-state index in [0.29, 0.717) is 5.56 Å². The minimum absolute atomic E-state index is 0.0377. The molecule has 0 amide bonds. The average molecular weight is 244 g/mol. The van der Waals surface area contributed by atoms with Crippen LogP contribution in [0, 0.1) is 6.92 Å². The molecule has 1 rings (SSSR count). The summed E-state index contributed by atoms with van der Waals surface area (Å²) in [5.41, 5.74) is 6.87. The number of carbonyl (C=O) groups is 1. The van der Waals surface area contributed by atoms with Gasteiger partial charge in [-0.3, -0.25) is 4.79 Å². The quantitative estimate of drug-likeness (QED) is 0.361. The van der Waals surface area contributed by atoms with Crippen LogP contribution in [-0.4, -0.2) is 16.2 Å². The molecule has 0 saturated heterocycles. The van der Waals surface area contributed by atoms with Crippen molar-refractivity contribution in [1.82, 2.24) is 0 Å². The normalized spacial score (nSPS) is 10.0. The molecule has 0 saturated carbocycles. The number of hydrogen-bond acceptors (Lipinski definition) is 3. The number of Topliss-reactive ketones (excluding diaryl/α,β-unsaturated/α-hetero) is 1. The summed E-state index contributed by atoms with van der Waals surface area (Å²) in [6, 6.07) is 3.19. The molecule has 0 bridgehead atoms. The lowest BCUT2D eigenvalue weighted by atomic mass is 10.1. The van der Waals surface area contributed by atoms with Gasteiger partial charge in [-0.25, -0.2) is 0 Å². The van der Waals surface area contributed by atoms with Crippen LogP contribution < -0.4 is 5.73 Å². The zero-order chi connectivity index (χ0) is 10.0. The summed E-state index contributed by atoms with van der Waals surface area (Å²) in [4.78, 5) is 11.3. The number of phenols is 1. The standard InChI is InChI=1S/C9H10BrNO2/c1-5-2-6(8(13)4-10)9(11)7(12)3-5/h2-3,12H,4,11H2,1H3. The SMILES string of the molecule is Cc1cc(O)c(N)c(C(=O)CBr)c1. The number of halogens is 1. The van der Waals surface area contributed by atoms with E-state index in [9.17, 15) is 9.90 Å². The van der Waals surface area contributed by atoms with Gasteiger partial charge in [0.25, 0.3) is 0 Å². The van der Waals surface area contributed by atoms with Crippen molar-refractivity contribution in [2.24, 2.45) is 0 Å². The molecule has 0 aromatic heterocycles. The van der Waals surface area contributed by atoms with Crippen LogP contribution in [0.15, 0.2) is 12.1 Å². The van der Waals surface area contributed by atoms with Gasteiger partial charge in [0, 0.05) is 5.56 Å². The molecule has 3 N–H and O–H groups in total. The molecule has 4 heteroatoms. The van der Waals surface area contributed by atoms with Crippen LogP contribution in [0.4, 0.5) is 5.69 Å². The lowest BCUT2D eigenvalue weighted by Crippen LogP contribution is -2.05. The van der Waals surface area contributed by atoms with Crippen LogP contribution in [0.2, 0.25) is 0 Å². The van der Waals surface area contributed by atoms with Gasteiger partial charge in [0.2, 0.25) is 0 Å². The van der Waals surface area contributed by atoms with Crippen LogP contribution in [-0.2, 0) is 0 Å². The number of nitrogens with two attached hydrogens (primary N) is 1. The number of nitrogen functional groups attached to an aromatic ring is 1. The fourth-order valence-corrected chi connectivity index (χ4v) is 1.38. The molecule has 0 fully saturated rings. The van der Waals surface area contributed by atoms with Gasteiger partial charge in [-0.05, 0) is 24.6 Å². The summed E-state index contributed by atoms with van der Waals surface area (Å²) < 4.78 is 0. The molecule has 13 heavy (non-hydrogen) atoms. The van der Waals surface area contributed by atoms with Gasteiger partial charge in [-0.1, -0.05) is 15.9 Å². The van der Waals surface area contributed by atoms with E-state index in [1.165, 1.54) is 6.07 Å². The molecule has 1 aromatic carbocycles. The highest BCUT2D eigenvalue weighted by atomic mass is 79.9. The summed E-state index contributed by atoms with van der Waals surface area (Å²) in [5, 5.41) is 9.54. The maximum atomic E-state index is 11.3. The maximum Gasteiger partial charge on any atom is 0.175 e. The number of anilines is 1. The third kappa shape index (κ3) is 2.01. The summed E-state index contributed by atoms with van der Waals surface area (Å²) in [6.07, 6.45) is 0. The Kier molecular flexibility index (Phi) is 2.93. The first kappa shape index (κ1) is 10.1. The van der Waals surface area contributed by atoms with Crippen LogP contribution >= 0.6 is 15.9 Å². The number of aryl methyl sites for hydroxylation is 1. The number of carbonyl (C=O) groups excluding carboxylic acids is 1. The van der Waals surface area contributed by atoms with Crippen molar-refractivity contribution in [1.29, 1.82) is 0 Å². The number of aromatic hydroxyl groups is 1. The van der Waals surface area contributed by atoms with E-state index < -0.39 is 0 Å². The number of benzene rings is 1. The molecule has 0 aliphatic heterocycles. The highest BCUT2D eigenvalue weighted by Crippen LogP contribution is 2.26. The molecule has 0 unspecified atom stereocenters. The van der Waals surface area contributed by atoms with E-state index in [1.807, 2.05) is 0 Å². The van der Waals surface area contributed by atoms with E-state index in [-0.39, 0.29) is 22.6 Å². The van der Waals surface area contributed by atoms with E-state index in [2.05, 4.69) is 15.9 Å². The van der Waals surface area contributed by atoms with Gasteiger partial charge < -0.3 is 10.8 Å². The Balaban J connectivity index is 3.28. The van der Waals surface area contributed by atoms with Crippen molar-refractivity contribution in [2.45, 2.75) is 6.92 Å². The molecular formula is C9H10BrNO2. The van der Waals surface area contributed by atoms with Crippen molar-refractivity contribution >= 4 is 27.4 Å². The fraction of sp³-hybridized carbons (Fsp3) is 0.222. The number of hydrogen-bond donors (Lipinski definition) is 2. The van der Waals surface area contributed by atoms with Gasteiger partial charge >= 0.3 is 0 Å². The highest BCUT2D eigenvalue weighted by molar-refractivity contribution is 9.09. The summed E-state index contributed by atoms with van der Waals surface area (Å²) >= 11 is 3.05. The summed E-state index contributed by atoms with van der Waals surface area (Å²) in [5.74, 6) is -0.166. The van der Waals surface area contributed by atoms with Gasteiger partial charge in [0.05, 0.1) is 11.0 Å². The van der Waals surface area contributed by atoms with Crippen molar-refractivity contribution < 1.29 is 9.90 Å². The Morgan fingerprint density at radius 3 is 2.77 bits per heavy atom. The molecule has 70 valence electrons. The maximum absolute atomic E-state index is 11.3. The fourth-order valence-electron chi connectivity index (χ4n) is 1.08. The van der Waals surface area contributed by atoms with Crippen LogP contribution in [0.3, 0.4) is 0 Å². The molecule has 0 radical (unpaired) electrons. The monoisotopic (exact) mass is 243 g/mol. The van der Waals surface area contributed by atoms with E-state index in [0.717, 1.165) is 5.56 Å².